The Morgan fingerprint density at radius 2 is 1.85 bits per heavy atom. The molecule has 1 unspecified atom stereocenters. The van der Waals surface area contributed by atoms with Gasteiger partial charge in [-0.05, 0) is 51.6 Å². The zero-order valence-electron chi connectivity index (χ0n) is 16.1. The lowest BCUT2D eigenvalue weighted by atomic mass is 9.79. The lowest BCUT2D eigenvalue weighted by Gasteiger charge is -2.32. The third-order valence-electron chi connectivity index (χ3n) is 5.82. The van der Waals surface area contributed by atoms with Crippen molar-refractivity contribution in [3.05, 3.63) is 29.8 Å². The van der Waals surface area contributed by atoms with Gasteiger partial charge in [-0.2, -0.15) is 5.26 Å². The molecule has 6 heteroatoms. The van der Waals surface area contributed by atoms with Crippen LogP contribution in [0.5, 0.6) is 0 Å². The second kappa shape index (κ2) is 7.05. The molecule has 1 amide bonds. The van der Waals surface area contributed by atoms with E-state index >= 15 is 0 Å². The molecule has 0 saturated carbocycles. The first-order chi connectivity index (χ1) is 12.2. The third-order valence-corrected chi connectivity index (χ3v) is 5.82. The Balaban J connectivity index is 1.62. The van der Waals surface area contributed by atoms with Crippen molar-refractivity contribution in [2.75, 3.05) is 13.1 Å². The molecule has 0 radical (unpaired) electrons. The summed E-state index contributed by atoms with van der Waals surface area (Å²) in [6.45, 7) is 9.45. The molecule has 0 N–H and O–H groups in total. The van der Waals surface area contributed by atoms with Crippen LogP contribution >= 0.6 is 0 Å². The molecule has 2 saturated heterocycles. The summed E-state index contributed by atoms with van der Waals surface area (Å²) in [7, 11) is -0.386. The molecule has 0 aromatic heterocycles. The van der Waals surface area contributed by atoms with Gasteiger partial charge in [0, 0.05) is 13.1 Å². The van der Waals surface area contributed by atoms with Crippen LogP contribution in [0, 0.1) is 17.2 Å². The number of carbonyl (C=O) groups is 1. The molecule has 0 bridgehead atoms. The summed E-state index contributed by atoms with van der Waals surface area (Å²) in [6, 6.07) is 10.1. The van der Waals surface area contributed by atoms with Gasteiger partial charge in [0.2, 0.25) is 5.91 Å². The fourth-order valence-electron chi connectivity index (χ4n) is 3.37. The van der Waals surface area contributed by atoms with Gasteiger partial charge in [-0.15, -0.1) is 0 Å². The van der Waals surface area contributed by atoms with Gasteiger partial charge in [-0.25, -0.2) is 0 Å². The topological polar surface area (TPSA) is 62.6 Å². The van der Waals surface area contributed by atoms with Crippen molar-refractivity contribution in [2.24, 2.45) is 5.92 Å². The molecule has 2 aliphatic rings. The smallest absolute Gasteiger partial charge is 0.399 e. The largest absolute Gasteiger partial charge is 0.494 e. The SMILES string of the molecule is CC1(C)OB(c2ccc(CC(=O)N3CCCC(C#N)C3)cc2)OC1(C)C. The summed E-state index contributed by atoms with van der Waals surface area (Å²) in [5.41, 5.74) is 1.20. The Kier molecular flexibility index (Phi) is 5.14. The van der Waals surface area contributed by atoms with E-state index in [1.165, 1.54) is 0 Å². The third kappa shape index (κ3) is 3.79. The van der Waals surface area contributed by atoms with E-state index in [0.717, 1.165) is 30.4 Å². The van der Waals surface area contributed by atoms with Crippen molar-refractivity contribution in [3.8, 4) is 6.07 Å². The fourth-order valence-corrected chi connectivity index (χ4v) is 3.37. The molecule has 0 aliphatic carbocycles. The Morgan fingerprint density at radius 1 is 1.23 bits per heavy atom. The van der Waals surface area contributed by atoms with E-state index in [0.29, 0.717) is 13.0 Å². The molecular formula is C20H27BN2O3. The van der Waals surface area contributed by atoms with Crippen molar-refractivity contribution in [2.45, 2.75) is 58.2 Å². The van der Waals surface area contributed by atoms with Crippen molar-refractivity contribution in [1.29, 1.82) is 5.26 Å². The van der Waals surface area contributed by atoms with Crippen LogP contribution in [0.2, 0.25) is 0 Å². The minimum absolute atomic E-state index is 0.0292. The van der Waals surface area contributed by atoms with E-state index in [2.05, 4.69) is 6.07 Å². The average molecular weight is 354 g/mol. The van der Waals surface area contributed by atoms with Gasteiger partial charge in [-0.3, -0.25) is 4.79 Å². The molecule has 0 spiro atoms. The summed E-state index contributed by atoms with van der Waals surface area (Å²) < 4.78 is 12.1. The maximum Gasteiger partial charge on any atom is 0.494 e. The fraction of sp³-hybridized carbons (Fsp3) is 0.600. The van der Waals surface area contributed by atoms with Crippen molar-refractivity contribution in [3.63, 3.8) is 0 Å². The molecule has 1 aromatic rings. The number of rotatable bonds is 3. The lowest BCUT2D eigenvalue weighted by molar-refractivity contribution is -0.131. The number of carbonyl (C=O) groups excluding carboxylic acids is 1. The highest BCUT2D eigenvalue weighted by Crippen LogP contribution is 2.36. The van der Waals surface area contributed by atoms with Gasteiger partial charge in [-0.1, -0.05) is 24.3 Å². The van der Waals surface area contributed by atoms with Crippen LogP contribution in [0.1, 0.15) is 46.1 Å². The highest BCUT2D eigenvalue weighted by Gasteiger charge is 2.51. The number of hydrogen-bond donors (Lipinski definition) is 0. The maximum absolute atomic E-state index is 12.5. The summed E-state index contributed by atoms with van der Waals surface area (Å²) in [5.74, 6) is 0.0618. The Hall–Kier alpha value is -1.84. The number of likely N-dealkylation sites (tertiary alicyclic amines) is 1. The molecule has 1 aromatic carbocycles. The van der Waals surface area contributed by atoms with Gasteiger partial charge in [0.25, 0.3) is 0 Å². The van der Waals surface area contributed by atoms with Gasteiger partial charge < -0.3 is 14.2 Å². The maximum atomic E-state index is 12.5. The minimum atomic E-state index is -0.386. The van der Waals surface area contributed by atoms with E-state index in [9.17, 15) is 4.79 Å². The van der Waals surface area contributed by atoms with Crippen LogP contribution in [0.25, 0.3) is 0 Å². The Bertz CT molecular complexity index is 693. The molecule has 138 valence electrons. The van der Waals surface area contributed by atoms with Crippen LogP contribution in [0.3, 0.4) is 0 Å². The van der Waals surface area contributed by atoms with Gasteiger partial charge in [0.1, 0.15) is 0 Å². The standard InChI is InChI=1S/C20H27BN2O3/c1-19(2)20(3,4)26-21(25-19)17-9-7-15(8-10-17)12-18(24)23-11-5-6-16(13-22)14-23/h7-10,16H,5-6,11-12,14H2,1-4H3. The van der Waals surface area contributed by atoms with Gasteiger partial charge in [0.05, 0.1) is 29.6 Å². The zero-order chi connectivity index (χ0) is 18.9. The highest BCUT2D eigenvalue weighted by atomic mass is 16.7. The second-order valence-electron chi connectivity index (χ2n) is 8.31. The molecular weight excluding hydrogens is 327 g/mol. The number of nitriles is 1. The Labute approximate surface area is 156 Å². The van der Waals surface area contributed by atoms with E-state index in [1.807, 2.05) is 56.9 Å². The molecule has 1 atom stereocenters. The number of piperidine rings is 1. The molecule has 2 aliphatic heterocycles. The van der Waals surface area contributed by atoms with Crippen LogP contribution in [-0.4, -0.2) is 42.2 Å². The number of hydrogen-bond acceptors (Lipinski definition) is 4. The average Bonchev–Trinajstić information content (AvgIpc) is 2.83. The van der Waals surface area contributed by atoms with Crippen LogP contribution in [0.4, 0.5) is 0 Å². The van der Waals surface area contributed by atoms with Crippen molar-refractivity contribution in [1.82, 2.24) is 4.90 Å². The summed E-state index contributed by atoms with van der Waals surface area (Å²) in [4.78, 5) is 14.3. The van der Waals surface area contributed by atoms with E-state index in [4.69, 9.17) is 14.6 Å². The summed E-state index contributed by atoms with van der Waals surface area (Å²) >= 11 is 0. The normalized spacial score (nSPS) is 24.3. The molecule has 2 heterocycles. The minimum Gasteiger partial charge on any atom is -0.399 e. The number of nitrogens with zero attached hydrogens (tertiary/aromatic N) is 2. The van der Waals surface area contributed by atoms with Crippen LogP contribution < -0.4 is 5.46 Å². The molecule has 2 fully saturated rings. The lowest BCUT2D eigenvalue weighted by Crippen LogP contribution is -2.41. The van der Waals surface area contributed by atoms with Gasteiger partial charge >= 0.3 is 7.12 Å². The van der Waals surface area contributed by atoms with Gasteiger partial charge in [0.15, 0.2) is 0 Å². The van der Waals surface area contributed by atoms with E-state index < -0.39 is 0 Å². The predicted octanol–water partition coefficient (Wildman–Crippen LogP) is 2.29. The Morgan fingerprint density at radius 3 is 2.42 bits per heavy atom. The number of amides is 1. The van der Waals surface area contributed by atoms with Crippen LogP contribution in [-0.2, 0) is 20.5 Å². The van der Waals surface area contributed by atoms with Crippen molar-refractivity contribution < 1.29 is 14.1 Å². The first-order valence-electron chi connectivity index (χ1n) is 9.34. The predicted molar refractivity (Wildman–Crippen MR) is 101 cm³/mol. The van der Waals surface area contributed by atoms with Crippen molar-refractivity contribution >= 4 is 18.5 Å². The van der Waals surface area contributed by atoms with E-state index in [-0.39, 0.29) is 30.1 Å². The monoisotopic (exact) mass is 354 g/mol. The second-order valence-corrected chi connectivity index (χ2v) is 8.31. The molecule has 5 nitrogen and oxygen atoms in total. The van der Waals surface area contributed by atoms with E-state index in [1.54, 1.807) is 0 Å². The first-order valence-corrected chi connectivity index (χ1v) is 9.34. The first kappa shape index (κ1) is 18.9. The zero-order valence-corrected chi connectivity index (χ0v) is 16.1. The number of benzene rings is 1. The van der Waals surface area contributed by atoms with Crippen LogP contribution in [0.15, 0.2) is 24.3 Å². The summed E-state index contributed by atoms with van der Waals surface area (Å²) in [5, 5.41) is 9.08. The summed E-state index contributed by atoms with van der Waals surface area (Å²) in [6.07, 6.45) is 2.16. The highest BCUT2D eigenvalue weighted by molar-refractivity contribution is 6.62. The molecule has 3 rings (SSSR count). The quantitative estimate of drug-likeness (QED) is 0.782. The molecule has 26 heavy (non-hydrogen) atoms.